The lowest BCUT2D eigenvalue weighted by Gasteiger charge is -2.42. The van der Waals surface area contributed by atoms with Crippen molar-refractivity contribution < 1.29 is 14.0 Å². The molecule has 1 saturated carbocycles. The van der Waals surface area contributed by atoms with Crippen LogP contribution in [0.25, 0.3) is 0 Å². The first-order valence-electron chi connectivity index (χ1n) is 8.95. The highest BCUT2D eigenvalue weighted by Gasteiger charge is 2.40. The molecule has 0 bridgehead atoms. The zero-order valence-electron chi connectivity index (χ0n) is 14.9. The van der Waals surface area contributed by atoms with Crippen LogP contribution in [-0.4, -0.2) is 16.8 Å². The van der Waals surface area contributed by atoms with Crippen molar-refractivity contribution in [3.8, 4) is 0 Å². The highest BCUT2D eigenvalue weighted by Crippen LogP contribution is 2.41. The van der Waals surface area contributed by atoms with E-state index in [0.717, 1.165) is 24.8 Å². The van der Waals surface area contributed by atoms with Crippen molar-refractivity contribution in [2.24, 2.45) is 0 Å². The largest absolute Gasteiger partial charge is 0.441 e. The number of carbonyl (C=O) groups excluding carboxylic acids is 2. The van der Waals surface area contributed by atoms with E-state index in [1.54, 1.807) is 24.3 Å². The van der Waals surface area contributed by atoms with E-state index >= 15 is 0 Å². The minimum atomic E-state index is -0.430. The summed E-state index contributed by atoms with van der Waals surface area (Å²) in [5, 5.41) is 6.41. The molecule has 1 fully saturated rings. The molecule has 0 spiro atoms. The molecular weight excluding hydrogens is 378 g/mol. The maximum absolute atomic E-state index is 12.3. The zero-order chi connectivity index (χ0) is 19.6. The number of halogens is 1. The number of rotatable bonds is 5. The molecule has 1 aliphatic rings. The summed E-state index contributed by atoms with van der Waals surface area (Å²) in [7, 11) is 0. The Kier molecular flexibility index (Phi) is 4.88. The average molecular weight is 396 g/mol. The lowest BCUT2D eigenvalue weighted by molar-refractivity contribution is 0.0787. The van der Waals surface area contributed by atoms with Gasteiger partial charge in [0.25, 0.3) is 11.8 Å². The highest BCUT2D eigenvalue weighted by atomic mass is 35.5. The normalized spacial score (nSPS) is 14.8. The van der Waals surface area contributed by atoms with Crippen LogP contribution in [0.2, 0.25) is 5.02 Å². The molecule has 0 unspecified atom stereocenters. The van der Waals surface area contributed by atoms with Gasteiger partial charge in [0, 0.05) is 16.3 Å². The van der Waals surface area contributed by atoms with Crippen molar-refractivity contribution >= 4 is 29.1 Å². The summed E-state index contributed by atoms with van der Waals surface area (Å²) < 4.78 is 5.08. The summed E-state index contributed by atoms with van der Waals surface area (Å²) >= 11 is 5.94. The number of hydrogen-bond donors (Lipinski definition) is 2. The molecule has 0 saturated heterocycles. The van der Waals surface area contributed by atoms with Crippen molar-refractivity contribution in [1.82, 2.24) is 10.3 Å². The lowest BCUT2D eigenvalue weighted by atomic mass is 9.71. The van der Waals surface area contributed by atoms with Crippen LogP contribution in [0.1, 0.15) is 45.9 Å². The Morgan fingerprint density at radius 1 is 1.07 bits per heavy atom. The zero-order valence-corrected chi connectivity index (χ0v) is 15.7. The highest BCUT2D eigenvalue weighted by molar-refractivity contribution is 6.31. The van der Waals surface area contributed by atoms with Crippen molar-refractivity contribution in [2.75, 3.05) is 5.32 Å². The van der Waals surface area contributed by atoms with E-state index in [-0.39, 0.29) is 17.7 Å². The number of hydrogen-bond acceptors (Lipinski definition) is 4. The van der Waals surface area contributed by atoms with Crippen LogP contribution >= 0.6 is 11.6 Å². The number of benzene rings is 2. The minimum absolute atomic E-state index is 0.0525. The molecule has 4 rings (SSSR count). The summed E-state index contributed by atoms with van der Waals surface area (Å²) in [4.78, 5) is 28.6. The third kappa shape index (κ3) is 3.64. The second-order valence-corrected chi connectivity index (χ2v) is 7.21. The van der Waals surface area contributed by atoms with Crippen LogP contribution in [0, 0.1) is 0 Å². The second-order valence-electron chi connectivity index (χ2n) is 6.77. The summed E-state index contributed by atoms with van der Waals surface area (Å²) in [5.41, 5.74) is 1.72. The molecule has 28 heavy (non-hydrogen) atoms. The first kappa shape index (κ1) is 18.3. The van der Waals surface area contributed by atoms with E-state index in [1.165, 1.54) is 12.5 Å². The van der Waals surface area contributed by atoms with Gasteiger partial charge in [-0.2, -0.15) is 0 Å². The Hall–Kier alpha value is -3.12. The monoisotopic (exact) mass is 395 g/mol. The molecule has 2 N–H and O–H groups in total. The second kappa shape index (κ2) is 7.48. The molecule has 2 amide bonds. The molecule has 1 heterocycles. The number of nitrogens with zero attached hydrogens (tertiary/aromatic N) is 1. The Balaban J connectivity index is 1.47. The molecule has 1 aromatic heterocycles. The number of nitrogens with one attached hydrogen (secondary N) is 2. The molecule has 1 aliphatic carbocycles. The number of amides is 2. The Bertz CT molecular complexity index is 996. The van der Waals surface area contributed by atoms with Crippen LogP contribution in [0.5, 0.6) is 0 Å². The third-order valence-electron chi connectivity index (χ3n) is 4.97. The molecule has 7 heteroatoms. The summed E-state index contributed by atoms with van der Waals surface area (Å²) in [6, 6.07) is 14.3. The molecule has 6 nitrogen and oxygen atoms in total. The number of aromatic nitrogens is 1. The minimum Gasteiger partial charge on any atom is -0.441 e. The Labute approximate surface area is 166 Å². The molecule has 3 aromatic rings. The van der Waals surface area contributed by atoms with Crippen molar-refractivity contribution in [3.63, 3.8) is 0 Å². The first-order valence-corrected chi connectivity index (χ1v) is 9.33. The smallest absolute Gasteiger partial charge is 0.307 e. The summed E-state index contributed by atoms with van der Waals surface area (Å²) in [6.07, 6.45) is 5.53. The molecule has 2 aromatic carbocycles. The first-order chi connectivity index (χ1) is 13.6. The van der Waals surface area contributed by atoms with Crippen LogP contribution in [0.15, 0.2) is 65.4 Å². The van der Waals surface area contributed by atoms with Crippen LogP contribution in [-0.2, 0) is 5.54 Å². The molecule has 0 atom stereocenters. The standard InChI is InChI=1S/C21H18ClN3O3/c22-16-4-1-3-14(13-16)18(26)24-17-7-5-15(6-8-17)21(9-2-10-21)25-19(27)20-23-11-12-28-20/h1,3-8,11-13H,2,9-10H2,(H,24,26)(H,25,27). The summed E-state index contributed by atoms with van der Waals surface area (Å²) in [6.45, 7) is 0. The topological polar surface area (TPSA) is 84.2 Å². The van der Waals surface area contributed by atoms with Gasteiger partial charge in [-0.3, -0.25) is 9.59 Å². The van der Waals surface area contributed by atoms with Gasteiger partial charge in [-0.25, -0.2) is 4.98 Å². The van der Waals surface area contributed by atoms with Gasteiger partial charge >= 0.3 is 5.91 Å². The maximum atomic E-state index is 12.3. The fourth-order valence-corrected chi connectivity index (χ4v) is 3.52. The SMILES string of the molecule is O=C(Nc1ccc(C2(NC(=O)c3ncco3)CCC2)cc1)c1cccc(Cl)c1. The van der Waals surface area contributed by atoms with Gasteiger partial charge in [0.15, 0.2) is 0 Å². The van der Waals surface area contributed by atoms with E-state index in [4.69, 9.17) is 16.0 Å². The van der Waals surface area contributed by atoms with Crippen LogP contribution < -0.4 is 10.6 Å². The van der Waals surface area contributed by atoms with Gasteiger partial charge in [0.05, 0.1) is 11.7 Å². The molecule has 142 valence electrons. The van der Waals surface area contributed by atoms with Crippen LogP contribution in [0.4, 0.5) is 5.69 Å². The van der Waals surface area contributed by atoms with Gasteiger partial charge in [-0.1, -0.05) is 29.8 Å². The van der Waals surface area contributed by atoms with Crippen molar-refractivity contribution in [1.29, 1.82) is 0 Å². The van der Waals surface area contributed by atoms with Gasteiger partial charge in [-0.15, -0.1) is 0 Å². The van der Waals surface area contributed by atoms with E-state index in [1.807, 2.05) is 24.3 Å². The van der Waals surface area contributed by atoms with Gasteiger partial charge in [0.2, 0.25) is 0 Å². The van der Waals surface area contributed by atoms with Crippen LogP contribution in [0.3, 0.4) is 0 Å². The van der Waals surface area contributed by atoms with Crippen molar-refractivity contribution in [2.45, 2.75) is 24.8 Å². The maximum Gasteiger partial charge on any atom is 0.307 e. The quantitative estimate of drug-likeness (QED) is 0.671. The lowest BCUT2D eigenvalue weighted by Crippen LogP contribution is -2.50. The number of anilines is 1. The van der Waals surface area contributed by atoms with Gasteiger partial charge in [-0.05, 0) is 55.2 Å². The van der Waals surface area contributed by atoms with Gasteiger partial charge < -0.3 is 15.1 Å². The predicted octanol–water partition coefficient (Wildman–Crippen LogP) is 4.39. The Morgan fingerprint density at radius 2 is 1.86 bits per heavy atom. The fourth-order valence-electron chi connectivity index (χ4n) is 3.33. The fraction of sp³-hybridized carbons (Fsp3) is 0.190. The van der Waals surface area contributed by atoms with E-state index in [0.29, 0.717) is 16.3 Å². The molecule has 0 radical (unpaired) electrons. The van der Waals surface area contributed by atoms with E-state index in [2.05, 4.69) is 15.6 Å². The third-order valence-corrected chi connectivity index (χ3v) is 5.20. The van der Waals surface area contributed by atoms with E-state index < -0.39 is 5.54 Å². The summed E-state index contributed by atoms with van der Waals surface area (Å²) in [5.74, 6) is -0.509. The molecule has 0 aliphatic heterocycles. The number of carbonyl (C=O) groups is 2. The van der Waals surface area contributed by atoms with Crippen molar-refractivity contribution in [3.05, 3.63) is 83.0 Å². The predicted molar refractivity (Wildman–Crippen MR) is 105 cm³/mol. The Morgan fingerprint density at radius 3 is 2.46 bits per heavy atom. The van der Waals surface area contributed by atoms with Gasteiger partial charge in [0.1, 0.15) is 6.26 Å². The van der Waals surface area contributed by atoms with E-state index in [9.17, 15) is 9.59 Å². The average Bonchev–Trinajstić information content (AvgIpc) is 3.20. The molecular formula is C21H18ClN3O3. The number of oxazole rings is 1.